The molecule has 0 saturated heterocycles. The van der Waals surface area contributed by atoms with E-state index in [0.717, 1.165) is 0 Å². The molecule has 1 aromatic carbocycles. The minimum absolute atomic E-state index is 0.280. The fraction of sp³-hybridized carbons (Fsp3) is 0.500. The lowest BCUT2D eigenvalue weighted by molar-refractivity contribution is -0.144. The summed E-state index contributed by atoms with van der Waals surface area (Å²) in [6, 6.07) is 7.28. The zero-order valence-electron chi connectivity index (χ0n) is 12.0. The number of hydrogen-bond donors (Lipinski definition) is 0. The first-order valence-corrected chi connectivity index (χ1v) is 7.76. The summed E-state index contributed by atoms with van der Waals surface area (Å²) >= 11 is 0. The molecular weight excluding hydrogens is 280 g/mol. The van der Waals surface area contributed by atoms with Gasteiger partial charge in [0.2, 0.25) is 0 Å². The van der Waals surface area contributed by atoms with E-state index in [1.165, 1.54) is 7.11 Å². The van der Waals surface area contributed by atoms with Gasteiger partial charge in [-0.3, -0.25) is 9.00 Å². The van der Waals surface area contributed by atoms with Crippen LogP contribution in [0.4, 0.5) is 0 Å². The summed E-state index contributed by atoms with van der Waals surface area (Å²) in [5.74, 6) is 1.19. The van der Waals surface area contributed by atoms with Crippen molar-refractivity contribution in [2.24, 2.45) is 5.92 Å². The van der Waals surface area contributed by atoms with Gasteiger partial charge in [-0.05, 0) is 12.1 Å². The highest BCUT2D eigenvalue weighted by Crippen LogP contribution is 2.25. The van der Waals surface area contributed by atoms with Crippen molar-refractivity contribution in [3.8, 4) is 11.5 Å². The molecule has 0 N–H and O–H groups in total. The van der Waals surface area contributed by atoms with Crippen molar-refractivity contribution in [3.05, 3.63) is 24.3 Å². The number of esters is 1. The van der Waals surface area contributed by atoms with Crippen LogP contribution in [0.2, 0.25) is 0 Å². The Morgan fingerprint density at radius 2 is 1.90 bits per heavy atom. The molecule has 20 heavy (non-hydrogen) atoms. The molecule has 6 heteroatoms. The SMILES string of the molecule is COC(=O)C(C)CS(=O)CCOc1ccccc1OC. The van der Waals surface area contributed by atoms with Gasteiger partial charge in [0.1, 0.15) is 0 Å². The van der Waals surface area contributed by atoms with Crippen LogP contribution in [0.3, 0.4) is 0 Å². The van der Waals surface area contributed by atoms with Crippen LogP contribution in [-0.2, 0) is 20.3 Å². The second-order valence-corrected chi connectivity index (χ2v) is 5.86. The van der Waals surface area contributed by atoms with Gasteiger partial charge in [-0.15, -0.1) is 0 Å². The smallest absolute Gasteiger partial charge is 0.309 e. The van der Waals surface area contributed by atoms with Gasteiger partial charge >= 0.3 is 5.97 Å². The van der Waals surface area contributed by atoms with Crippen molar-refractivity contribution in [1.29, 1.82) is 0 Å². The van der Waals surface area contributed by atoms with Crippen molar-refractivity contribution in [2.75, 3.05) is 32.3 Å². The van der Waals surface area contributed by atoms with Crippen molar-refractivity contribution < 1.29 is 23.2 Å². The van der Waals surface area contributed by atoms with Crippen LogP contribution in [0.25, 0.3) is 0 Å². The van der Waals surface area contributed by atoms with E-state index in [-0.39, 0.29) is 17.6 Å². The van der Waals surface area contributed by atoms with E-state index < -0.39 is 10.8 Å². The maximum Gasteiger partial charge on any atom is 0.309 e. The molecule has 0 heterocycles. The van der Waals surface area contributed by atoms with Gasteiger partial charge in [0.05, 0.1) is 32.5 Å². The third-order valence-corrected chi connectivity index (χ3v) is 4.17. The van der Waals surface area contributed by atoms with Gasteiger partial charge in [-0.2, -0.15) is 0 Å². The zero-order chi connectivity index (χ0) is 15.0. The molecule has 1 rings (SSSR count). The second-order valence-electron chi connectivity index (χ2n) is 4.23. The van der Waals surface area contributed by atoms with Crippen LogP contribution in [0, 0.1) is 5.92 Å². The number of para-hydroxylation sites is 2. The number of ether oxygens (including phenoxy) is 3. The predicted octanol–water partition coefficient (Wildman–Crippen LogP) is 1.63. The van der Waals surface area contributed by atoms with Gasteiger partial charge in [0.15, 0.2) is 11.5 Å². The monoisotopic (exact) mass is 300 g/mol. The first-order chi connectivity index (χ1) is 9.58. The van der Waals surface area contributed by atoms with Crippen LogP contribution >= 0.6 is 0 Å². The zero-order valence-corrected chi connectivity index (χ0v) is 12.8. The summed E-state index contributed by atoms with van der Waals surface area (Å²) < 4.78 is 27.1. The molecule has 0 bridgehead atoms. The topological polar surface area (TPSA) is 61.8 Å². The number of hydrogen-bond acceptors (Lipinski definition) is 5. The van der Waals surface area contributed by atoms with Crippen LogP contribution < -0.4 is 9.47 Å². The molecule has 0 saturated carbocycles. The molecule has 0 amide bonds. The van der Waals surface area contributed by atoms with Gasteiger partial charge in [-0.25, -0.2) is 0 Å². The minimum atomic E-state index is -1.12. The molecule has 0 aliphatic carbocycles. The number of benzene rings is 1. The number of carbonyl (C=O) groups excluding carboxylic acids is 1. The largest absolute Gasteiger partial charge is 0.493 e. The Kier molecular flexibility index (Phi) is 7.08. The summed E-state index contributed by atoms with van der Waals surface area (Å²) in [4.78, 5) is 11.2. The molecule has 0 aliphatic rings. The van der Waals surface area contributed by atoms with Crippen LogP contribution in [-0.4, -0.2) is 42.5 Å². The Morgan fingerprint density at radius 3 is 2.50 bits per heavy atom. The molecule has 112 valence electrons. The normalized spacial score (nSPS) is 13.3. The summed E-state index contributed by atoms with van der Waals surface area (Å²) in [6.07, 6.45) is 0. The molecule has 0 aromatic heterocycles. The third-order valence-electron chi connectivity index (χ3n) is 2.68. The molecular formula is C14H20O5S. The van der Waals surface area contributed by atoms with E-state index in [1.54, 1.807) is 26.2 Å². The first-order valence-electron chi connectivity index (χ1n) is 6.27. The molecule has 2 unspecified atom stereocenters. The molecule has 2 atom stereocenters. The quantitative estimate of drug-likeness (QED) is 0.683. The lowest BCUT2D eigenvalue weighted by atomic mass is 10.2. The minimum Gasteiger partial charge on any atom is -0.493 e. The third kappa shape index (κ3) is 5.21. The Balaban J connectivity index is 2.37. The predicted molar refractivity (Wildman–Crippen MR) is 77.5 cm³/mol. The highest BCUT2D eigenvalue weighted by molar-refractivity contribution is 7.85. The van der Waals surface area contributed by atoms with E-state index in [1.807, 2.05) is 12.1 Å². The average molecular weight is 300 g/mol. The Labute approximate surface area is 121 Å². The van der Waals surface area contributed by atoms with Gasteiger partial charge in [0.25, 0.3) is 0 Å². The summed E-state index contributed by atoms with van der Waals surface area (Å²) in [5, 5.41) is 0. The number of carbonyl (C=O) groups is 1. The fourth-order valence-corrected chi connectivity index (χ4v) is 2.74. The fourth-order valence-electron chi connectivity index (χ4n) is 1.61. The lowest BCUT2D eigenvalue weighted by Gasteiger charge is -2.11. The molecule has 0 aliphatic heterocycles. The Hall–Kier alpha value is -1.56. The van der Waals surface area contributed by atoms with E-state index in [9.17, 15) is 9.00 Å². The molecule has 1 aromatic rings. The summed E-state index contributed by atoms with van der Waals surface area (Å²) in [5.41, 5.74) is 0. The first kappa shape index (κ1) is 16.5. The number of methoxy groups -OCH3 is 2. The van der Waals surface area contributed by atoms with Crippen molar-refractivity contribution in [1.82, 2.24) is 0 Å². The van der Waals surface area contributed by atoms with Gasteiger partial charge in [-0.1, -0.05) is 19.1 Å². The highest BCUT2D eigenvalue weighted by Gasteiger charge is 2.16. The van der Waals surface area contributed by atoms with E-state index in [4.69, 9.17) is 9.47 Å². The molecule has 0 fully saturated rings. The van der Waals surface area contributed by atoms with E-state index in [0.29, 0.717) is 23.9 Å². The maximum atomic E-state index is 11.8. The Morgan fingerprint density at radius 1 is 1.25 bits per heavy atom. The Bertz CT molecular complexity index is 461. The van der Waals surface area contributed by atoms with Gasteiger partial charge < -0.3 is 14.2 Å². The number of rotatable bonds is 8. The van der Waals surface area contributed by atoms with Crippen molar-refractivity contribution >= 4 is 16.8 Å². The summed E-state index contributed by atoms with van der Waals surface area (Å²) in [6.45, 7) is 2.01. The van der Waals surface area contributed by atoms with Crippen molar-refractivity contribution in [3.63, 3.8) is 0 Å². The van der Waals surface area contributed by atoms with Gasteiger partial charge in [0, 0.05) is 16.6 Å². The van der Waals surface area contributed by atoms with E-state index in [2.05, 4.69) is 4.74 Å². The second kappa shape index (κ2) is 8.58. The van der Waals surface area contributed by atoms with Crippen molar-refractivity contribution in [2.45, 2.75) is 6.92 Å². The average Bonchev–Trinajstić information content (AvgIpc) is 2.46. The molecule has 0 radical (unpaired) electrons. The molecule has 0 spiro atoms. The molecule has 5 nitrogen and oxygen atoms in total. The summed E-state index contributed by atoms with van der Waals surface area (Å²) in [7, 11) is 1.77. The van der Waals surface area contributed by atoms with Crippen LogP contribution in [0.1, 0.15) is 6.92 Å². The standard InChI is InChI=1S/C14H20O5S/c1-11(14(15)18-3)10-20(16)9-8-19-13-7-5-4-6-12(13)17-2/h4-7,11H,8-10H2,1-3H3. The van der Waals surface area contributed by atoms with E-state index >= 15 is 0 Å². The maximum absolute atomic E-state index is 11.8. The lowest BCUT2D eigenvalue weighted by Crippen LogP contribution is -2.22. The highest BCUT2D eigenvalue weighted by atomic mass is 32.2. The van der Waals surface area contributed by atoms with Crippen LogP contribution in [0.5, 0.6) is 11.5 Å². The van der Waals surface area contributed by atoms with Crippen LogP contribution in [0.15, 0.2) is 24.3 Å².